The number of halogens is 1. The van der Waals surface area contributed by atoms with Gasteiger partial charge in [0, 0.05) is 49.2 Å². The minimum atomic E-state index is -0.343. The van der Waals surface area contributed by atoms with Gasteiger partial charge in [-0.15, -0.1) is 0 Å². The highest BCUT2D eigenvalue weighted by Gasteiger charge is 2.34. The Kier molecular flexibility index (Phi) is 5.95. The van der Waals surface area contributed by atoms with E-state index in [1.54, 1.807) is 12.1 Å². The van der Waals surface area contributed by atoms with Gasteiger partial charge in [0.15, 0.2) is 0 Å². The van der Waals surface area contributed by atoms with Gasteiger partial charge in [0.1, 0.15) is 11.4 Å². The number of carbonyl (C=O) groups is 1. The second kappa shape index (κ2) is 8.92. The van der Waals surface area contributed by atoms with Crippen LogP contribution in [-0.2, 0) is 6.42 Å². The van der Waals surface area contributed by atoms with Gasteiger partial charge in [-0.2, -0.15) is 4.98 Å². The maximum absolute atomic E-state index is 13.0. The number of aromatic nitrogens is 2. The molecule has 2 aliphatic rings. The molecule has 3 N–H and O–H groups in total. The summed E-state index contributed by atoms with van der Waals surface area (Å²) in [6.07, 6.45) is 1.60. The summed E-state index contributed by atoms with van der Waals surface area (Å²) in [5.41, 5.74) is 1.83. The van der Waals surface area contributed by atoms with E-state index in [2.05, 4.69) is 25.5 Å². The molecule has 3 heterocycles. The molecule has 1 saturated heterocycles. The molecule has 3 aromatic rings. The quantitative estimate of drug-likeness (QED) is 0.494. The molecular weight excluding hydrogens is 454 g/mol. The summed E-state index contributed by atoms with van der Waals surface area (Å²) in [6.45, 7) is 7.06. The summed E-state index contributed by atoms with van der Waals surface area (Å²) in [4.78, 5) is 23.9. The summed E-state index contributed by atoms with van der Waals surface area (Å²) in [5.74, 6) is 0.862. The van der Waals surface area contributed by atoms with Gasteiger partial charge in [-0.3, -0.25) is 9.69 Å². The van der Waals surface area contributed by atoms with Crippen LogP contribution in [0.25, 0.3) is 10.9 Å². The Morgan fingerprint density at radius 1 is 1.29 bits per heavy atom. The van der Waals surface area contributed by atoms with Gasteiger partial charge in [0.25, 0.3) is 5.91 Å². The first-order valence-corrected chi connectivity index (χ1v) is 11.9. The highest BCUT2D eigenvalue weighted by Crippen LogP contribution is 2.39. The molecule has 1 unspecified atom stereocenters. The number of hydrogen-bond donors (Lipinski definition) is 3. The van der Waals surface area contributed by atoms with Crippen molar-refractivity contribution in [1.29, 1.82) is 0 Å². The monoisotopic (exact) mass is 481 g/mol. The molecule has 0 radical (unpaired) electrons. The normalized spacial score (nSPS) is 19.1. The van der Waals surface area contributed by atoms with Crippen molar-refractivity contribution in [3.05, 3.63) is 52.5 Å². The summed E-state index contributed by atoms with van der Waals surface area (Å²) in [5, 5.41) is 17.6. The Morgan fingerprint density at radius 3 is 2.97 bits per heavy atom. The predicted octanol–water partition coefficient (Wildman–Crippen LogP) is 3.62. The SMILES string of the molecule is CC1(C)Cc2cc(Cl)cc(C(=O)NC3CCN(CCNc4nc(O)c5ccccc5n4)C3)c2O1. The maximum Gasteiger partial charge on any atom is 0.255 e. The Bertz CT molecular complexity index is 1250. The van der Waals surface area contributed by atoms with Crippen LogP contribution in [-0.4, -0.2) is 63.7 Å². The van der Waals surface area contributed by atoms with Crippen LogP contribution in [0.1, 0.15) is 36.2 Å². The van der Waals surface area contributed by atoms with Gasteiger partial charge in [0.2, 0.25) is 11.8 Å². The molecule has 9 heteroatoms. The number of para-hydroxylation sites is 1. The Morgan fingerprint density at radius 2 is 2.12 bits per heavy atom. The van der Waals surface area contributed by atoms with E-state index >= 15 is 0 Å². The molecule has 0 aliphatic carbocycles. The molecule has 0 spiro atoms. The van der Waals surface area contributed by atoms with Crippen molar-refractivity contribution < 1.29 is 14.6 Å². The molecule has 5 rings (SSSR count). The number of anilines is 1. The van der Waals surface area contributed by atoms with Crippen LogP contribution < -0.4 is 15.4 Å². The third-order valence-electron chi connectivity index (χ3n) is 6.27. The zero-order chi connectivity index (χ0) is 23.9. The van der Waals surface area contributed by atoms with Crippen LogP contribution >= 0.6 is 11.6 Å². The van der Waals surface area contributed by atoms with E-state index in [-0.39, 0.29) is 23.4 Å². The number of carbonyl (C=O) groups excluding carboxylic acids is 1. The Hall–Kier alpha value is -3.10. The van der Waals surface area contributed by atoms with E-state index in [9.17, 15) is 9.90 Å². The smallest absolute Gasteiger partial charge is 0.255 e. The topological polar surface area (TPSA) is 99.6 Å². The van der Waals surface area contributed by atoms with Gasteiger partial charge in [-0.1, -0.05) is 23.7 Å². The number of nitrogens with zero attached hydrogens (tertiary/aromatic N) is 3. The predicted molar refractivity (Wildman–Crippen MR) is 132 cm³/mol. The number of ether oxygens (including phenoxy) is 1. The fourth-order valence-electron chi connectivity index (χ4n) is 4.72. The molecular formula is C25H28ClN5O3. The van der Waals surface area contributed by atoms with Crippen molar-refractivity contribution in [2.45, 2.75) is 38.3 Å². The van der Waals surface area contributed by atoms with E-state index in [1.807, 2.05) is 38.1 Å². The van der Waals surface area contributed by atoms with Gasteiger partial charge >= 0.3 is 0 Å². The highest BCUT2D eigenvalue weighted by atomic mass is 35.5. The summed E-state index contributed by atoms with van der Waals surface area (Å²) in [7, 11) is 0. The van der Waals surface area contributed by atoms with Crippen LogP contribution in [0.15, 0.2) is 36.4 Å². The molecule has 8 nitrogen and oxygen atoms in total. The molecule has 2 aliphatic heterocycles. The molecule has 1 amide bonds. The third-order valence-corrected chi connectivity index (χ3v) is 6.49. The van der Waals surface area contributed by atoms with E-state index < -0.39 is 0 Å². The molecule has 34 heavy (non-hydrogen) atoms. The second-order valence-corrected chi connectivity index (χ2v) is 9.99. The zero-order valence-corrected chi connectivity index (χ0v) is 20.0. The number of benzene rings is 2. The van der Waals surface area contributed by atoms with Gasteiger partial charge in [0.05, 0.1) is 16.5 Å². The largest absolute Gasteiger partial charge is 0.493 e. The first-order chi connectivity index (χ1) is 16.3. The molecule has 1 atom stereocenters. The third kappa shape index (κ3) is 4.74. The number of aromatic hydroxyl groups is 1. The summed E-state index contributed by atoms with van der Waals surface area (Å²) in [6, 6.07) is 11.0. The molecule has 1 fully saturated rings. The minimum absolute atomic E-state index is 0.0306. The molecule has 0 bridgehead atoms. The van der Waals surface area contributed by atoms with Crippen molar-refractivity contribution in [1.82, 2.24) is 20.2 Å². The summed E-state index contributed by atoms with van der Waals surface area (Å²) < 4.78 is 6.05. The standard InChI is InChI=1S/C25H28ClN5O3/c1-25(2)13-15-11-16(26)12-19(21(15)34-25)23(33)28-17-7-9-31(14-17)10-8-27-24-29-20-6-4-3-5-18(20)22(32)30-24/h3-6,11-12,17H,7-10,13-14H2,1-2H3,(H,28,33)(H2,27,29,30,32). The lowest BCUT2D eigenvalue weighted by Crippen LogP contribution is -2.38. The number of amides is 1. The van der Waals surface area contributed by atoms with Crippen LogP contribution in [0.5, 0.6) is 11.6 Å². The molecule has 1 aromatic heterocycles. The summed E-state index contributed by atoms with van der Waals surface area (Å²) >= 11 is 6.28. The minimum Gasteiger partial charge on any atom is -0.493 e. The van der Waals surface area contributed by atoms with Gasteiger partial charge < -0.3 is 20.5 Å². The number of hydrogen-bond acceptors (Lipinski definition) is 7. The van der Waals surface area contributed by atoms with Crippen molar-refractivity contribution in [2.24, 2.45) is 0 Å². The average Bonchev–Trinajstić information content (AvgIpc) is 3.35. The van der Waals surface area contributed by atoms with E-state index in [4.69, 9.17) is 16.3 Å². The highest BCUT2D eigenvalue weighted by molar-refractivity contribution is 6.31. The molecule has 0 saturated carbocycles. The van der Waals surface area contributed by atoms with E-state index in [1.165, 1.54) is 0 Å². The van der Waals surface area contributed by atoms with Crippen LogP contribution in [0.4, 0.5) is 5.95 Å². The van der Waals surface area contributed by atoms with Crippen LogP contribution in [0.2, 0.25) is 5.02 Å². The van der Waals surface area contributed by atoms with Crippen molar-refractivity contribution >= 4 is 34.4 Å². The first-order valence-electron chi connectivity index (χ1n) is 11.5. The first kappa shape index (κ1) is 22.7. The second-order valence-electron chi connectivity index (χ2n) is 9.55. The maximum atomic E-state index is 13.0. The number of nitrogens with one attached hydrogen (secondary N) is 2. The van der Waals surface area contributed by atoms with Crippen LogP contribution in [0, 0.1) is 0 Å². The number of rotatable bonds is 6. The Labute approximate surface area is 203 Å². The number of likely N-dealkylation sites (tertiary alicyclic amines) is 1. The lowest BCUT2D eigenvalue weighted by Gasteiger charge is -2.19. The van der Waals surface area contributed by atoms with E-state index in [0.29, 0.717) is 39.7 Å². The van der Waals surface area contributed by atoms with Crippen LogP contribution in [0.3, 0.4) is 0 Å². The Balaban J connectivity index is 1.15. The average molecular weight is 482 g/mol. The molecule has 2 aromatic carbocycles. The van der Waals surface area contributed by atoms with Gasteiger partial charge in [-0.25, -0.2) is 4.98 Å². The fraction of sp³-hybridized carbons (Fsp3) is 0.400. The number of fused-ring (bicyclic) bond motifs is 2. The lowest BCUT2D eigenvalue weighted by atomic mass is 10.00. The van der Waals surface area contributed by atoms with Crippen molar-refractivity contribution in [3.8, 4) is 11.6 Å². The van der Waals surface area contributed by atoms with Gasteiger partial charge in [-0.05, 0) is 44.5 Å². The molecule has 178 valence electrons. The van der Waals surface area contributed by atoms with Crippen molar-refractivity contribution in [3.63, 3.8) is 0 Å². The van der Waals surface area contributed by atoms with E-state index in [0.717, 1.165) is 38.0 Å². The van der Waals surface area contributed by atoms with Crippen molar-refractivity contribution in [2.75, 3.05) is 31.5 Å². The zero-order valence-electron chi connectivity index (χ0n) is 19.3. The lowest BCUT2D eigenvalue weighted by molar-refractivity contribution is 0.0924. The fourth-order valence-corrected chi connectivity index (χ4v) is 4.96.